The number of hydrogen-bond acceptors (Lipinski definition) is 7. The summed E-state index contributed by atoms with van der Waals surface area (Å²) in [7, 11) is 6.41. The lowest BCUT2D eigenvalue weighted by Crippen LogP contribution is -3.00. The average molecular weight is 536 g/mol. The maximum Gasteiger partial charge on any atom is 0.280 e. The van der Waals surface area contributed by atoms with Crippen molar-refractivity contribution in [1.29, 1.82) is 0 Å². The lowest BCUT2D eigenvalue weighted by atomic mass is 10.1. The molecule has 13 heteroatoms. The molecule has 0 aliphatic carbocycles. The number of aryl methyl sites for hydroxylation is 1. The number of hydrogen-bond donors (Lipinski definition) is 4. The van der Waals surface area contributed by atoms with Crippen LogP contribution < -0.4 is 39.7 Å². The van der Waals surface area contributed by atoms with Gasteiger partial charge in [-0.2, -0.15) is 0 Å². The zero-order valence-electron chi connectivity index (χ0n) is 19.6. The van der Waals surface area contributed by atoms with Crippen LogP contribution in [0.1, 0.15) is 28.9 Å². The van der Waals surface area contributed by atoms with E-state index in [2.05, 4.69) is 53.6 Å². The van der Waals surface area contributed by atoms with Crippen molar-refractivity contribution >= 4 is 47.5 Å². The fourth-order valence-electron chi connectivity index (χ4n) is 2.65. The predicted molar refractivity (Wildman–Crippen MR) is 135 cm³/mol. The van der Waals surface area contributed by atoms with Gasteiger partial charge in [0.1, 0.15) is 18.9 Å². The molecule has 1 aromatic carbocycles. The van der Waals surface area contributed by atoms with E-state index in [1.165, 1.54) is 5.56 Å². The Hall–Kier alpha value is -2.53. The van der Waals surface area contributed by atoms with Gasteiger partial charge in [0, 0.05) is 6.54 Å². The number of ether oxygens (including phenoxy) is 1. The number of nitrogens with zero attached hydrogens (tertiary/aromatic N) is 4. The van der Waals surface area contributed by atoms with Crippen LogP contribution in [0, 0.1) is 0 Å². The van der Waals surface area contributed by atoms with Crippen molar-refractivity contribution in [2.45, 2.75) is 19.3 Å². The van der Waals surface area contributed by atoms with Gasteiger partial charge >= 0.3 is 0 Å². The standard InChI is InChI=1S/C21H31ClN8O2.2ClH/c1-30(2,3)12-13-32-15-9-7-14(8-10-15)6-4-5-11-26-21(25)29-20(31)16-18(23)28-19(24)17(22)27-16;;/h7-10H,4-6,11-13H2,1-3H3,(H6-,23,24,25,26,28,29,31);2*1H. The molecule has 190 valence electrons. The Kier molecular flexibility index (Phi) is 13.6. The minimum Gasteiger partial charge on any atom is -1.00 e. The van der Waals surface area contributed by atoms with E-state index in [1.807, 2.05) is 12.1 Å². The third-order valence-electron chi connectivity index (χ3n) is 4.47. The molecule has 1 aromatic heterocycles. The number of nitrogens with two attached hydrogens (primary N) is 3. The van der Waals surface area contributed by atoms with E-state index >= 15 is 0 Å². The first-order valence-corrected chi connectivity index (χ1v) is 10.6. The highest BCUT2D eigenvalue weighted by Gasteiger charge is 2.16. The first-order chi connectivity index (χ1) is 15.0. The Morgan fingerprint density at radius 3 is 2.38 bits per heavy atom. The van der Waals surface area contributed by atoms with Crippen molar-refractivity contribution in [1.82, 2.24) is 15.3 Å². The third kappa shape index (κ3) is 11.1. The van der Waals surface area contributed by atoms with Gasteiger partial charge in [-0.3, -0.25) is 15.1 Å². The van der Waals surface area contributed by atoms with Crippen molar-refractivity contribution in [2.24, 2.45) is 10.7 Å². The van der Waals surface area contributed by atoms with Crippen LogP contribution in [0.2, 0.25) is 5.15 Å². The minimum absolute atomic E-state index is 0. The number of unbranched alkanes of at least 4 members (excludes halogenated alkanes) is 1. The molecule has 1 amide bonds. The van der Waals surface area contributed by atoms with E-state index in [0.717, 1.165) is 36.0 Å². The van der Waals surface area contributed by atoms with Crippen LogP contribution in [0.3, 0.4) is 0 Å². The molecule has 10 nitrogen and oxygen atoms in total. The maximum absolute atomic E-state index is 12.2. The van der Waals surface area contributed by atoms with Crippen LogP contribution >= 0.6 is 24.0 Å². The van der Waals surface area contributed by atoms with E-state index in [0.29, 0.717) is 13.2 Å². The van der Waals surface area contributed by atoms with Crippen LogP contribution in [0.5, 0.6) is 5.75 Å². The molecule has 0 bridgehead atoms. The molecule has 0 unspecified atom stereocenters. The molecular formula is C21H33Cl3N8O2. The number of nitrogens with one attached hydrogen (secondary N) is 1. The molecule has 0 saturated carbocycles. The lowest BCUT2D eigenvalue weighted by molar-refractivity contribution is -0.870. The average Bonchev–Trinajstić information content (AvgIpc) is 2.70. The molecule has 0 atom stereocenters. The molecule has 7 N–H and O–H groups in total. The lowest BCUT2D eigenvalue weighted by Gasteiger charge is -2.23. The zero-order valence-corrected chi connectivity index (χ0v) is 21.9. The molecule has 0 fully saturated rings. The normalized spacial score (nSPS) is 11.2. The van der Waals surface area contributed by atoms with Gasteiger partial charge in [0.25, 0.3) is 5.91 Å². The quantitative estimate of drug-likeness (QED) is 0.130. The number of anilines is 2. The highest BCUT2D eigenvalue weighted by atomic mass is 35.5. The van der Waals surface area contributed by atoms with Crippen LogP contribution in [-0.2, 0) is 6.42 Å². The number of guanidine groups is 1. The topological polar surface area (TPSA) is 155 Å². The number of quaternary nitrogens is 1. The highest BCUT2D eigenvalue weighted by molar-refractivity contribution is 6.31. The number of likely N-dealkylation sites (N-methyl/N-ethyl adjacent to an activating group) is 1. The van der Waals surface area contributed by atoms with Gasteiger partial charge in [0.2, 0.25) is 0 Å². The molecule has 0 aliphatic rings. The third-order valence-corrected chi connectivity index (χ3v) is 4.75. The van der Waals surface area contributed by atoms with Gasteiger partial charge in [-0.15, -0.1) is 12.4 Å². The fraction of sp³-hybridized carbons (Fsp3) is 0.429. The van der Waals surface area contributed by atoms with Gasteiger partial charge < -0.3 is 38.8 Å². The smallest absolute Gasteiger partial charge is 0.280 e. The van der Waals surface area contributed by atoms with E-state index < -0.39 is 5.91 Å². The summed E-state index contributed by atoms with van der Waals surface area (Å²) in [4.78, 5) is 23.9. The molecule has 0 radical (unpaired) electrons. The highest BCUT2D eigenvalue weighted by Crippen LogP contribution is 2.17. The molecule has 0 aliphatic heterocycles. The fourth-order valence-corrected chi connectivity index (χ4v) is 2.78. The Morgan fingerprint density at radius 2 is 1.76 bits per heavy atom. The van der Waals surface area contributed by atoms with Gasteiger partial charge in [0.05, 0.1) is 21.1 Å². The van der Waals surface area contributed by atoms with Gasteiger partial charge in [-0.25, -0.2) is 9.97 Å². The largest absolute Gasteiger partial charge is 1.00 e. The Balaban J connectivity index is 0.00000544. The summed E-state index contributed by atoms with van der Waals surface area (Å²) in [5.74, 6) is 0.0100. The van der Waals surface area contributed by atoms with E-state index in [1.54, 1.807) is 0 Å². The monoisotopic (exact) mass is 534 g/mol. The molecule has 2 aromatic rings. The van der Waals surface area contributed by atoms with Gasteiger partial charge in [-0.1, -0.05) is 23.7 Å². The number of carbonyl (C=O) groups excluding carboxylic acids is 1. The molecule has 0 spiro atoms. The number of rotatable bonds is 10. The SMILES string of the molecule is C[N+](C)(C)CCOc1ccc(CCCCN=C(N)NC(=O)c2nc(Cl)c(N)nc2N)cc1.Cl.[Cl-]. The van der Waals surface area contributed by atoms with Gasteiger partial charge in [-0.05, 0) is 37.0 Å². The number of carbonyl (C=O) groups is 1. The van der Waals surface area contributed by atoms with Crippen LogP contribution in [-0.4, -0.2) is 67.2 Å². The van der Waals surface area contributed by atoms with Crippen molar-refractivity contribution < 1.29 is 26.4 Å². The molecule has 0 saturated heterocycles. The van der Waals surface area contributed by atoms with Crippen molar-refractivity contribution in [3.8, 4) is 5.75 Å². The number of aliphatic imine (C=N–C) groups is 1. The second-order valence-corrected chi connectivity index (χ2v) is 8.68. The Labute approximate surface area is 217 Å². The summed E-state index contributed by atoms with van der Waals surface area (Å²) >= 11 is 5.78. The molecular weight excluding hydrogens is 503 g/mol. The summed E-state index contributed by atoms with van der Waals surface area (Å²) in [6, 6.07) is 8.13. The first kappa shape index (κ1) is 31.5. The van der Waals surface area contributed by atoms with E-state index in [-0.39, 0.29) is 53.3 Å². The molecule has 2 rings (SSSR count). The van der Waals surface area contributed by atoms with E-state index in [9.17, 15) is 4.79 Å². The van der Waals surface area contributed by atoms with E-state index in [4.69, 9.17) is 33.5 Å². The maximum atomic E-state index is 12.2. The second kappa shape index (κ2) is 14.7. The summed E-state index contributed by atoms with van der Waals surface area (Å²) in [6.07, 6.45) is 2.66. The number of amides is 1. The van der Waals surface area contributed by atoms with Crippen LogP contribution in [0.25, 0.3) is 0 Å². The minimum atomic E-state index is -0.651. The van der Waals surface area contributed by atoms with Gasteiger partial charge in [0.15, 0.2) is 28.4 Å². The van der Waals surface area contributed by atoms with Crippen molar-refractivity contribution in [3.63, 3.8) is 0 Å². The van der Waals surface area contributed by atoms with Crippen LogP contribution in [0.4, 0.5) is 11.6 Å². The van der Waals surface area contributed by atoms with Crippen molar-refractivity contribution in [2.75, 3.05) is 52.3 Å². The number of nitrogen functional groups attached to an aromatic ring is 2. The summed E-state index contributed by atoms with van der Waals surface area (Å²) < 4.78 is 6.65. The summed E-state index contributed by atoms with van der Waals surface area (Å²) in [5.41, 5.74) is 18.0. The molecule has 34 heavy (non-hydrogen) atoms. The Morgan fingerprint density at radius 1 is 1.12 bits per heavy atom. The van der Waals surface area contributed by atoms with Crippen molar-refractivity contribution in [3.05, 3.63) is 40.7 Å². The zero-order chi connectivity index (χ0) is 23.7. The molecule has 1 heterocycles. The Bertz CT molecular complexity index is 950. The number of aromatic nitrogens is 2. The summed E-state index contributed by atoms with van der Waals surface area (Å²) in [5, 5.41) is 2.31. The number of benzene rings is 1. The number of halogens is 3. The van der Waals surface area contributed by atoms with Crippen LogP contribution in [0.15, 0.2) is 29.3 Å². The summed E-state index contributed by atoms with van der Waals surface area (Å²) in [6.45, 7) is 2.10. The second-order valence-electron chi connectivity index (χ2n) is 8.32. The first-order valence-electron chi connectivity index (χ1n) is 10.3. The predicted octanol–water partition coefficient (Wildman–Crippen LogP) is -1.13.